The van der Waals surface area contributed by atoms with Crippen LogP contribution in [0, 0.1) is 0 Å². The van der Waals surface area contributed by atoms with Gasteiger partial charge in [0.15, 0.2) is 0 Å². The molecule has 8 aromatic rings. The molecule has 2 heterocycles. The van der Waals surface area contributed by atoms with Gasteiger partial charge in [0.05, 0.1) is 0 Å². The van der Waals surface area contributed by atoms with Crippen molar-refractivity contribution in [2.75, 3.05) is 0 Å². The molecule has 0 spiro atoms. The van der Waals surface area contributed by atoms with E-state index in [1.54, 1.807) is 0 Å². The number of aromatic nitrogens is 2. The van der Waals surface area contributed by atoms with E-state index in [1.807, 2.05) is 0 Å². The van der Waals surface area contributed by atoms with Gasteiger partial charge in [0.25, 0.3) is 0 Å². The lowest BCUT2D eigenvalue weighted by Gasteiger charge is -2.08. The fourth-order valence-electron chi connectivity index (χ4n) is 5.98. The number of benzene rings is 6. The minimum atomic E-state index is 0.858. The second kappa shape index (κ2) is 13.7. The third-order valence-corrected chi connectivity index (χ3v) is 11.1. The maximum absolute atomic E-state index is 3.59. The van der Waals surface area contributed by atoms with Crippen molar-refractivity contribution in [2.45, 2.75) is 13.1 Å². The second-order valence-electron chi connectivity index (χ2n) is 11.1. The molecule has 0 aliphatic heterocycles. The van der Waals surface area contributed by atoms with Gasteiger partial charge in [-0.25, -0.2) is 0 Å². The highest BCUT2D eigenvalue weighted by molar-refractivity contribution is 9.11. The van der Waals surface area contributed by atoms with Gasteiger partial charge in [0.1, 0.15) is 0 Å². The van der Waals surface area contributed by atoms with E-state index in [0.717, 1.165) is 39.9 Å². The summed E-state index contributed by atoms with van der Waals surface area (Å²) in [5, 5.41) is 5.08. The van der Waals surface area contributed by atoms with E-state index in [4.69, 9.17) is 0 Å². The van der Waals surface area contributed by atoms with E-state index in [9.17, 15) is 0 Å². The quantitative estimate of drug-likeness (QED) is 0.166. The monoisotopic (exact) mass is 982 g/mol. The van der Waals surface area contributed by atoms with Crippen molar-refractivity contribution < 1.29 is 0 Å². The van der Waals surface area contributed by atoms with Gasteiger partial charge in [0.2, 0.25) is 0 Å². The standard InChI is InChI=1S/2C19H12Br3N/c2*20-13-3-1-12(2-4-13)11-23-18-7-5-14(21)9-16(18)17-10-15(22)6-8-19(17)23/h2*1-10H,11H2. The Morgan fingerprint density at radius 1 is 0.304 bits per heavy atom. The molecule has 8 rings (SSSR count). The van der Waals surface area contributed by atoms with Gasteiger partial charge in [-0.05, 0) is 108 Å². The molecule has 0 bridgehead atoms. The molecular formula is C38H24Br6N2. The van der Waals surface area contributed by atoms with Crippen molar-refractivity contribution in [1.29, 1.82) is 0 Å². The number of rotatable bonds is 4. The van der Waals surface area contributed by atoms with Gasteiger partial charge in [0, 0.05) is 83.5 Å². The predicted octanol–water partition coefficient (Wildman–Crippen LogP) is 14.3. The molecule has 0 N–H and O–H groups in total. The summed E-state index contributed by atoms with van der Waals surface area (Å²) in [6.07, 6.45) is 0. The smallest absolute Gasteiger partial charge is 0.0495 e. The van der Waals surface area contributed by atoms with Crippen LogP contribution in [-0.2, 0) is 13.1 Å². The van der Waals surface area contributed by atoms with Crippen LogP contribution < -0.4 is 0 Å². The highest BCUT2D eigenvalue weighted by Gasteiger charge is 2.13. The van der Waals surface area contributed by atoms with E-state index in [1.165, 1.54) is 54.7 Å². The molecule has 0 atom stereocenters. The molecular weight excluding hydrogens is 964 g/mol. The molecule has 0 aliphatic carbocycles. The van der Waals surface area contributed by atoms with Crippen LogP contribution in [0.4, 0.5) is 0 Å². The lowest BCUT2D eigenvalue weighted by atomic mass is 10.2. The molecule has 2 nitrogen and oxygen atoms in total. The van der Waals surface area contributed by atoms with E-state index in [0.29, 0.717) is 0 Å². The Morgan fingerprint density at radius 3 is 0.804 bits per heavy atom. The fraction of sp³-hybridized carbons (Fsp3) is 0.0526. The minimum absolute atomic E-state index is 0.858. The van der Waals surface area contributed by atoms with Crippen LogP contribution in [0.2, 0.25) is 0 Å². The Bertz CT molecular complexity index is 2080. The normalized spacial score (nSPS) is 11.4. The summed E-state index contributed by atoms with van der Waals surface area (Å²) >= 11 is 21.4. The van der Waals surface area contributed by atoms with E-state index < -0.39 is 0 Å². The zero-order chi connectivity index (χ0) is 31.9. The maximum Gasteiger partial charge on any atom is 0.0495 e. The number of halogens is 6. The lowest BCUT2D eigenvalue weighted by Crippen LogP contribution is -1.99. The molecule has 0 unspecified atom stereocenters. The summed E-state index contributed by atoms with van der Waals surface area (Å²) in [6.45, 7) is 1.72. The van der Waals surface area contributed by atoms with Crippen molar-refractivity contribution in [3.8, 4) is 0 Å². The first-order chi connectivity index (χ1) is 22.2. The first-order valence-corrected chi connectivity index (χ1v) is 19.2. The van der Waals surface area contributed by atoms with E-state index >= 15 is 0 Å². The molecule has 8 heteroatoms. The Labute approximate surface area is 317 Å². The van der Waals surface area contributed by atoms with Gasteiger partial charge in [-0.3, -0.25) is 0 Å². The van der Waals surface area contributed by atoms with Gasteiger partial charge in [-0.2, -0.15) is 0 Å². The van der Waals surface area contributed by atoms with Crippen LogP contribution in [0.3, 0.4) is 0 Å². The highest BCUT2D eigenvalue weighted by Crippen LogP contribution is 2.35. The number of nitrogens with zero attached hydrogens (tertiary/aromatic N) is 2. The van der Waals surface area contributed by atoms with Gasteiger partial charge < -0.3 is 9.13 Å². The van der Waals surface area contributed by atoms with Crippen LogP contribution in [0.1, 0.15) is 11.1 Å². The SMILES string of the molecule is Brc1ccc(Cn2c3ccc(Br)cc3c3cc(Br)ccc32)cc1.Brc1ccc(Cn2c3ccc(Br)cc3c3cc(Br)ccc32)cc1. The van der Waals surface area contributed by atoms with E-state index in [-0.39, 0.29) is 0 Å². The summed E-state index contributed by atoms with van der Waals surface area (Å²) < 4.78 is 11.4. The van der Waals surface area contributed by atoms with Gasteiger partial charge in [-0.15, -0.1) is 0 Å². The summed E-state index contributed by atoms with van der Waals surface area (Å²) in [5.74, 6) is 0. The van der Waals surface area contributed by atoms with Crippen molar-refractivity contribution in [1.82, 2.24) is 9.13 Å². The molecule has 0 saturated carbocycles. The number of hydrogen-bond donors (Lipinski definition) is 0. The second-order valence-corrected chi connectivity index (χ2v) is 16.6. The molecule has 2 aromatic heterocycles. The lowest BCUT2D eigenvalue weighted by molar-refractivity contribution is 0.868. The third kappa shape index (κ3) is 6.71. The van der Waals surface area contributed by atoms with Crippen molar-refractivity contribution in [2.24, 2.45) is 0 Å². The topological polar surface area (TPSA) is 9.86 Å². The average molecular weight is 988 g/mol. The predicted molar refractivity (Wildman–Crippen MR) is 216 cm³/mol. The first-order valence-electron chi connectivity index (χ1n) is 14.5. The molecule has 0 radical (unpaired) electrons. The van der Waals surface area contributed by atoms with Crippen molar-refractivity contribution in [3.63, 3.8) is 0 Å². The minimum Gasteiger partial charge on any atom is -0.336 e. The van der Waals surface area contributed by atoms with Gasteiger partial charge >= 0.3 is 0 Å². The Morgan fingerprint density at radius 2 is 0.543 bits per heavy atom. The molecule has 0 amide bonds. The Hall–Kier alpha value is -2.20. The van der Waals surface area contributed by atoms with Crippen LogP contribution in [0.15, 0.2) is 148 Å². The highest BCUT2D eigenvalue weighted by atomic mass is 79.9. The van der Waals surface area contributed by atoms with Crippen molar-refractivity contribution >= 4 is 139 Å². The zero-order valence-corrected chi connectivity index (χ0v) is 33.6. The Balaban J connectivity index is 0.000000147. The summed E-state index contributed by atoms with van der Waals surface area (Å²) in [5.41, 5.74) is 7.59. The first kappa shape index (κ1) is 32.4. The maximum atomic E-state index is 3.59. The largest absolute Gasteiger partial charge is 0.336 e. The molecule has 228 valence electrons. The summed E-state index contributed by atoms with van der Waals surface area (Å²) in [7, 11) is 0. The molecule has 0 fully saturated rings. The summed E-state index contributed by atoms with van der Waals surface area (Å²) in [6, 6.07) is 43.0. The molecule has 0 aliphatic rings. The molecule has 46 heavy (non-hydrogen) atoms. The Kier molecular flexibility index (Phi) is 9.66. The number of hydrogen-bond acceptors (Lipinski definition) is 0. The third-order valence-electron chi connectivity index (χ3n) is 8.09. The van der Waals surface area contributed by atoms with Crippen LogP contribution in [0.25, 0.3) is 43.6 Å². The van der Waals surface area contributed by atoms with Crippen LogP contribution in [0.5, 0.6) is 0 Å². The average Bonchev–Trinajstić information content (AvgIpc) is 3.50. The molecule has 6 aromatic carbocycles. The van der Waals surface area contributed by atoms with Gasteiger partial charge in [-0.1, -0.05) is 120 Å². The summed E-state index contributed by atoms with van der Waals surface area (Å²) in [4.78, 5) is 0. The number of fused-ring (bicyclic) bond motifs is 6. The zero-order valence-electron chi connectivity index (χ0n) is 24.1. The molecule has 0 saturated heterocycles. The van der Waals surface area contributed by atoms with Crippen LogP contribution >= 0.6 is 95.6 Å². The van der Waals surface area contributed by atoms with Crippen molar-refractivity contribution in [3.05, 3.63) is 159 Å². The van der Waals surface area contributed by atoms with E-state index in [2.05, 4.69) is 226 Å². The fourth-order valence-corrected chi connectivity index (χ4v) is 7.96. The van der Waals surface area contributed by atoms with Crippen LogP contribution in [-0.4, -0.2) is 9.13 Å².